The molecule has 0 aliphatic carbocycles. The molecule has 12 heteroatoms. The number of hydrogen-bond acceptors (Lipinski definition) is 7. The van der Waals surface area contributed by atoms with E-state index in [1.807, 2.05) is 19.1 Å². The minimum atomic E-state index is -3.77. The Bertz CT molecular complexity index is 1540. The molecule has 0 saturated carbocycles. The zero-order valence-electron chi connectivity index (χ0n) is 22.3. The van der Waals surface area contributed by atoms with Crippen molar-refractivity contribution in [2.45, 2.75) is 37.2 Å². The number of sulfonamides is 1. The summed E-state index contributed by atoms with van der Waals surface area (Å²) < 4.78 is 56.8. The molecule has 1 aliphatic heterocycles. The van der Waals surface area contributed by atoms with E-state index in [0.29, 0.717) is 31.8 Å². The second kappa shape index (κ2) is 11.3. The molecule has 5 rings (SSSR count). The third-order valence-corrected chi connectivity index (χ3v) is 8.94. The van der Waals surface area contributed by atoms with Crippen LogP contribution in [0.5, 0.6) is 5.75 Å². The maximum Gasteiger partial charge on any atom is 0.246 e. The molecule has 0 unspecified atom stereocenters. The van der Waals surface area contributed by atoms with Gasteiger partial charge in [-0.3, -0.25) is 4.68 Å². The van der Waals surface area contributed by atoms with Gasteiger partial charge in [0.05, 0.1) is 43.0 Å². The van der Waals surface area contributed by atoms with Crippen LogP contribution in [0.3, 0.4) is 0 Å². The summed E-state index contributed by atoms with van der Waals surface area (Å²) in [4.78, 5) is 2.34. The summed E-state index contributed by atoms with van der Waals surface area (Å²) in [6.45, 7) is 4.37. The van der Waals surface area contributed by atoms with Crippen LogP contribution in [-0.4, -0.2) is 78.8 Å². The number of anilines is 1. The Morgan fingerprint density at radius 1 is 1.13 bits per heavy atom. The number of rotatable bonds is 11. The monoisotopic (exact) mass is 556 g/mol. The molecule has 4 aromatic rings. The smallest absolute Gasteiger partial charge is 0.246 e. The highest BCUT2D eigenvalue weighted by Gasteiger charge is 2.37. The molecular formula is C27H33FN6O4S. The molecule has 1 fully saturated rings. The Labute approximate surface area is 227 Å². The normalized spacial score (nSPS) is 16.0. The van der Waals surface area contributed by atoms with Crippen molar-refractivity contribution in [1.82, 2.24) is 23.9 Å². The van der Waals surface area contributed by atoms with E-state index in [-0.39, 0.29) is 29.9 Å². The SMILES string of the molecule is CCCn1cc(S(=O)(=O)N(CCOC)[C@@H]2CCN(c3cc4cnn(-c5ccc(F)cc5)c4cc3OC)C2)cn1. The van der Waals surface area contributed by atoms with Crippen LogP contribution in [0.4, 0.5) is 10.1 Å². The van der Waals surface area contributed by atoms with Gasteiger partial charge in [0, 0.05) is 57.0 Å². The van der Waals surface area contributed by atoms with Gasteiger partial charge in [-0.2, -0.15) is 14.5 Å². The van der Waals surface area contributed by atoms with E-state index in [9.17, 15) is 12.8 Å². The molecule has 3 heterocycles. The maximum atomic E-state index is 13.7. The maximum absolute atomic E-state index is 13.7. The van der Waals surface area contributed by atoms with Gasteiger partial charge >= 0.3 is 0 Å². The van der Waals surface area contributed by atoms with Crippen LogP contribution in [0, 0.1) is 5.82 Å². The fraction of sp³-hybridized carbons (Fsp3) is 0.407. The van der Waals surface area contributed by atoms with Crippen LogP contribution < -0.4 is 9.64 Å². The van der Waals surface area contributed by atoms with Crippen molar-refractivity contribution in [3.8, 4) is 11.4 Å². The average Bonchev–Trinajstić information content (AvgIpc) is 3.69. The average molecular weight is 557 g/mol. The summed E-state index contributed by atoms with van der Waals surface area (Å²) in [5, 5.41) is 9.63. The lowest BCUT2D eigenvalue weighted by atomic mass is 10.2. The van der Waals surface area contributed by atoms with Gasteiger partial charge in [-0.05, 0) is 43.2 Å². The quantitative estimate of drug-likeness (QED) is 0.278. The van der Waals surface area contributed by atoms with Crippen LogP contribution in [0.2, 0.25) is 0 Å². The lowest BCUT2D eigenvalue weighted by Gasteiger charge is -2.28. The first-order valence-electron chi connectivity index (χ1n) is 13.0. The van der Waals surface area contributed by atoms with E-state index in [0.717, 1.165) is 28.7 Å². The Morgan fingerprint density at radius 3 is 2.64 bits per heavy atom. The van der Waals surface area contributed by atoms with Gasteiger partial charge in [0.25, 0.3) is 0 Å². The van der Waals surface area contributed by atoms with E-state index in [1.54, 1.807) is 52.4 Å². The van der Waals surface area contributed by atoms with Crippen LogP contribution in [-0.2, 0) is 21.3 Å². The van der Waals surface area contributed by atoms with Crippen molar-refractivity contribution >= 4 is 26.6 Å². The predicted molar refractivity (Wildman–Crippen MR) is 146 cm³/mol. The van der Waals surface area contributed by atoms with Crippen LogP contribution in [0.15, 0.2) is 59.9 Å². The van der Waals surface area contributed by atoms with E-state index in [2.05, 4.69) is 15.1 Å². The summed E-state index contributed by atoms with van der Waals surface area (Å²) in [5.74, 6) is 0.342. The topological polar surface area (TPSA) is 94.7 Å². The Hall–Kier alpha value is -3.48. The molecule has 0 amide bonds. The van der Waals surface area contributed by atoms with Crippen molar-refractivity contribution in [2.24, 2.45) is 0 Å². The van der Waals surface area contributed by atoms with E-state index >= 15 is 0 Å². The van der Waals surface area contributed by atoms with Gasteiger partial charge in [0.15, 0.2) is 0 Å². The van der Waals surface area contributed by atoms with Gasteiger partial charge < -0.3 is 14.4 Å². The minimum absolute atomic E-state index is 0.192. The largest absolute Gasteiger partial charge is 0.495 e. The molecule has 1 saturated heterocycles. The molecule has 2 aromatic carbocycles. The zero-order valence-corrected chi connectivity index (χ0v) is 23.1. The molecule has 2 aromatic heterocycles. The Balaban J connectivity index is 1.43. The predicted octanol–water partition coefficient (Wildman–Crippen LogP) is 3.70. The molecule has 10 nitrogen and oxygen atoms in total. The summed E-state index contributed by atoms with van der Waals surface area (Å²) in [7, 11) is -0.591. The second-order valence-electron chi connectivity index (χ2n) is 9.55. The number of methoxy groups -OCH3 is 2. The molecule has 208 valence electrons. The van der Waals surface area contributed by atoms with Crippen LogP contribution >= 0.6 is 0 Å². The third kappa shape index (κ3) is 5.36. The van der Waals surface area contributed by atoms with Crippen molar-refractivity contribution in [3.63, 3.8) is 0 Å². The molecular weight excluding hydrogens is 523 g/mol. The lowest BCUT2D eigenvalue weighted by molar-refractivity contribution is 0.168. The number of nitrogens with zero attached hydrogens (tertiary/aromatic N) is 6. The second-order valence-corrected chi connectivity index (χ2v) is 11.4. The molecule has 0 N–H and O–H groups in total. The first kappa shape index (κ1) is 27.1. The molecule has 0 radical (unpaired) electrons. The van der Waals surface area contributed by atoms with Crippen molar-refractivity contribution in [1.29, 1.82) is 0 Å². The number of hydrogen-bond donors (Lipinski definition) is 0. The molecule has 0 spiro atoms. The fourth-order valence-electron chi connectivity index (χ4n) is 5.08. The fourth-order valence-corrected chi connectivity index (χ4v) is 6.67. The summed E-state index contributed by atoms with van der Waals surface area (Å²) in [5.41, 5.74) is 2.43. The minimum Gasteiger partial charge on any atom is -0.495 e. The van der Waals surface area contributed by atoms with Crippen molar-refractivity contribution < 1.29 is 22.3 Å². The molecule has 0 bridgehead atoms. The van der Waals surface area contributed by atoms with Crippen LogP contribution in [0.25, 0.3) is 16.6 Å². The highest BCUT2D eigenvalue weighted by molar-refractivity contribution is 7.89. The summed E-state index contributed by atoms with van der Waals surface area (Å²) in [6.07, 6.45) is 6.30. The van der Waals surface area contributed by atoms with E-state index < -0.39 is 10.0 Å². The van der Waals surface area contributed by atoms with Crippen LogP contribution in [0.1, 0.15) is 19.8 Å². The van der Waals surface area contributed by atoms with Gasteiger partial charge in [0.2, 0.25) is 10.0 Å². The summed E-state index contributed by atoms with van der Waals surface area (Å²) in [6, 6.07) is 9.82. The van der Waals surface area contributed by atoms with Gasteiger partial charge in [0.1, 0.15) is 16.5 Å². The third-order valence-electron chi connectivity index (χ3n) is 7.04. The highest BCUT2D eigenvalue weighted by atomic mass is 32.2. The molecule has 39 heavy (non-hydrogen) atoms. The number of ether oxygens (including phenoxy) is 2. The zero-order chi connectivity index (χ0) is 27.6. The number of aromatic nitrogens is 4. The number of benzene rings is 2. The molecule has 1 atom stereocenters. The number of fused-ring (bicyclic) bond motifs is 1. The van der Waals surface area contributed by atoms with E-state index in [4.69, 9.17) is 9.47 Å². The van der Waals surface area contributed by atoms with Gasteiger partial charge in [-0.1, -0.05) is 6.92 Å². The first-order valence-corrected chi connectivity index (χ1v) is 14.4. The lowest BCUT2D eigenvalue weighted by Crippen LogP contribution is -2.43. The van der Waals surface area contributed by atoms with E-state index in [1.165, 1.54) is 18.3 Å². The highest BCUT2D eigenvalue weighted by Crippen LogP contribution is 2.37. The van der Waals surface area contributed by atoms with Crippen molar-refractivity contribution in [2.75, 3.05) is 45.4 Å². The van der Waals surface area contributed by atoms with Crippen molar-refractivity contribution in [3.05, 3.63) is 60.8 Å². The summed E-state index contributed by atoms with van der Waals surface area (Å²) >= 11 is 0. The first-order chi connectivity index (χ1) is 18.8. The Morgan fingerprint density at radius 2 is 1.92 bits per heavy atom. The number of aryl methyl sites for hydroxylation is 1. The van der Waals surface area contributed by atoms with Gasteiger partial charge in [-0.25, -0.2) is 17.5 Å². The standard InChI is InChI=1S/C27H33FN6O4S/c1-4-10-32-19-24(17-29-32)39(35,36)33(12-13-37-2)23-9-11-31(18-23)26-14-20-16-30-34(25(20)15-27(26)38-3)22-7-5-21(28)6-8-22/h5-8,14-17,19,23H,4,9-13,18H2,1-3H3/t23-/m1/s1. The number of halogens is 1. The Kier molecular flexibility index (Phi) is 7.87. The molecule has 1 aliphatic rings. The van der Waals surface area contributed by atoms with Gasteiger partial charge in [-0.15, -0.1) is 0 Å².